The predicted molar refractivity (Wildman–Crippen MR) is 93.8 cm³/mol. The summed E-state index contributed by atoms with van der Waals surface area (Å²) in [5.41, 5.74) is 0.383. The number of carbonyl (C=O) groups is 1. The molecule has 0 radical (unpaired) electrons. The lowest BCUT2D eigenvalue weighted by atomic mass is 9.75. The molecule has 0 heterocycles. The first-order valence-corrected chi connectivity index (χ1v) is 9.46. The maximum absolute atomic E-state index is 13.1. The first-order valence-electron chi connectivity index (χ1n) is 9.46. The molecule has 0 unspecified atom stereocenters. The molecule has 2 aliphatic carbocycles. The van der Waals surface area contributed by atoms with Crippen molar-refractivity contribution in [3.63, 3.8) is 0 Å². The number of hydrogen-bond acceptors (Lipinski definition) is 1. The number of alkyl halides is 2. The molecule has 2 aliphatic rings. The highest BCUT2D eigenvalue weighted by Gasteiger charge is 2.38. The standard InChI is InChI=1S/C15H25F2NO.2C2H6/c1-14(2)7-5-12(6-8-14)18-13(19)11-3-9-15(16,17)10-4-11;2*1-2/h11-12H,3-10H2,1-2H3,(H,18,19);2*1-2H3. The summed E-state index contributed by atoms with van der Waals surface area (Å²) in [4.78, 5) is 12.1. The third-order valence-corrected chi connectivity index (χ3v) is 4.77. The third-order valence-electron chi connectivity index (χ3n) is 4.77. The average Bonchev–Trinajstić information content (AvgIpc) is 2.53. The van der Waals surface area contributed by atoms with Crippen molar-refractivity contribution in [2.45, 2.75) is 105 Å². The molecule has 2 nitrogen and oxygen atoms in total. The number of carbonyl (C=O) groups excluding carboxylic acids is 1. The van der Waals surface area contributed by atoms with E-state index in [4.69, 9.17) is 0 Å². The molecule has 4 heteroatoms. The van der Waals surface area contributed by atoms with E-state index < -0.39 is 5.92 Å². The van der Waals surface area contributed by atoms with Gasteiger partial charge in [-0.1, -0.05) is 41.5 Å². The minimum absolute atomic E-state index is 0.000191. The van der Waals surface area contributed by atoms with Gasteiger partial charge in [-0.3, -0.25) is 4.79 Å². The second-order valence-electron chi connectivity index (χ2n) is 7.08. The quantitative estimate of drug-likeness (QED) is 0.664. The predicted octanol–water partition coefficient (Wildman–Crippen LogP) is 5.95. The Morgan fingerprint density at radius 3 is 1.74 bits per heavy atom. The lowest BCUT2D eigenvalue weighted by Gasteiger charge is -2.36. The molecule has 2 saturated carbocycles. The van der Waals surface area contributed by atoms with E-state index in [1.807, 2.05) is 27.7 Å². The van der Waals surface area contributed by atoms with E-state index in [1.165, 1.54) is 0 Å². The van der Waals surface area contributed by atoms with Crippen LogP contribution in [0.5, 0.6) is 0 Å². The maximum atomic E-state index is 13.1. The largest absolute Gasteiger partial charge is 0.353 e. The van der Waals surface area contributed by atoms with Crippen LogP contribution < -0.4 is 5.32 Å². The minimum atomic E-state index is -2.55. The lowest BCUT2D eigenvalue weighted by Crippen LogP contribution is -2.43. The molecule has 0 saturated heterocycles. The summed E-state index contributed by atoms with van der Waals surface area (Å²) in [5.74, 6) is -2.75. The van der Waals surface area contributed by atoms with Crippen molar-refractivity contribution in [3.8, 4) is 0 Å². The summed E-state index contributed by atoms with van der Waals surface area (Å²) in [7, 11) is 0. The number of rotatable bonds is 2. The van der Waals surface area contributed by atoms with Crippen molar-refractivity contribution in [2.24, 2.45) is 11.3 Å². The van der Waals surface area contributed by atoms with Gasteiger partial charge in [0.2, 0.25) is 11.8 Å². The summed E-state index contributed by atoms with van der Waals surface area (Å²) < 4.78 is 26.1. The normalized spacial score (nSPS) is 23.7. The van der Waals surface area contributed by atoms with Crippen molar-refractivity contribution in [2.75, 3.05) is 0 Å². The van der Waals surface area contributed by atoms with Gasteiger partial charge in [0.05, 0.1) is 0 Å². The zero-order valence-electron chi connectivity index (χ0n) is 16.0. The summed E-state index contributed by atoms with van der Waals surface area (Å²) in [6, 6.07) is 0.253. The lowest BCUT2D eigenvalue weighted by molar-refractivity contribution is -0.130. The highest BCUT2D eigenvalue weighted by Crippen LogP contribution is 2.37. The van der Waals surface area contributed by atoms with Crippen molar-refractivity contribution in [3.05, 3.63) is 0 Å². The van der Waals surface area contributed by atoms with Crippen LogP contribution in [0.25, 0.3) is 0 Å². The molecule has 2 fully saturated rings. The minimum Gasteiger partial charge on any atom is -0.353 e. The Morgan fingerprint density at radius 1 is 0.870 bits per heavy atom. The molecule has 0 atom stereocenters. The molecule has 1 N–H and O–H groups in total. The number of hydrogen-bond donors (Lipinski definition) is 1. The van der Waals surface area contributed by atoms with Gasteiger partial charge in [0.15, 0.2) is 0 Å². The molecule has 0 aromatic heterocycles. The molecule has 0 aromatic carbocycles. The third kappa shape index (κ3) is 8.12. The van der Waals surface area contributed by atoms with Crippen LogP contribution in [0.4, 0.5) is 8.78 Å². The number of nitrogens with one attached hydrogen (secondary N) is 1. The first kappa shape index (κ1) is 22.3. The second kappa shape index (κ2) is 10.2. The monoisotopic (exact) mass is 333 g/mol. The SMILES string of the molecule is CC.CC.CC1(C)CCC(NC(=O)C2CCC(F)(F)CC2)CC1. The highest BCUT2D eigenvalue weighted by molar-refractivity contribution is 5.79. The molecule has 0 bridgehead atoms. The van der Waals surface area contributed by atoms with Crippen molar-refractivity contribution >= 4 is 5.91 Å². The molecule has 138 valence electrons. The molecule has 0 aliphatic heterocycles. The fourth-order valence-corrected chi connectivity index (χ4v) is 3.16. The van der Waals surface area contributed by atoms with Gasteiger partial charge in [0, 0.05) is 24.8 Å². The Labute approximate surface area is 141 Å². The molecular weight excluding hydrogens is 296 g/mol. The summed E-state index contributed by atoms with van der Waals surface area (Å²) in [6.07, 6.45) is 4.67. The van der Waals surface area contributed by atoms with Gasteiger partial charge < -0.3 is 5.32 Å². The van der Waals surface area contributed by atoms with Gasteiger partial charge in [-0.15, -0.1) is 0 Å². The zero-order valence-corrected chi connectivity index (χ0v) is 16.0. The van der Waals surface area contributed by atoms with E-state index in [2.05, 4.69) is 19.2 Å². The Hall–Kier alpha value is -0.670. The van der Waals surface area contributed by atoms with Gasteiger partial charge in [0.25, 0.3) is 0 Å². The maximum Gasteiger partial charge on any atom is 0.248 e. The number of halogens is 2. The van der Waals surface area contributed by atoms with Crippen molar-refractivity contribution in [1.82, 2.24) is 5.32 Å². The van der Waals surface area contributed by atoms with Crippen LogP contribution in [0.3, 0.4) is 0 Å². The topological polar surface area (TPSA) is 29.1 Å². The molecule has 2 rings (SSSR count). The van der Waals surface area contributed by atoms with Crippen LogP contribution >= 0.6 is 0 Å². The van der Waals surface area contributed by atoms with E-state index in [0.717, 1.165) is 25.7 Å². The van der Waals surface area contributed by atoms with Crippen LogP contribution in [0.15, 0.2) is 0 Å². The van der Waals surface area contributed by atoms with Gasteiger partial charge in [0.1, 0.15) is 0 Å². The zero-order chi connectivity index (χ0) is 18.1. The Bertz CT molecular complexity index is 322. The smallest absolute Gasteiger partial charge is 0.248 e. The van der Waals surface area contributed by atoms with E-state index >= 15 is 0 Å². The first-order chi connectivity index (χ1) is 10.8. The summed E-state index contributed by atoms with van der Waals surface area (Å²) >= 11 is 0. The molecule has 0 aromatic rings. The van der Waals surface area contributed by atoms with Crippen LogP contribution in [0.1, 0.15) is 92.9 Å². The Kier molecular flexibility index (Phi) is 9.95. The van der Waals surface area contributed by atoms with Crippen LogP contribution in [-0.2, 0) is 4.79 Å². The average molecular weight is 334 g/mol. The van der Waals surface area contributed by atoms with Crippen molar-refractivity contribution in [1.29, 1.82) is 0 Å². The van der Waals surface area contributed by atoms with E-state index in [9.17, 15) is 13.6 Å². The van der Waals surface area contributed by atoms with E-state index in [1.54, 1.807) is 0 Å². The summed E-state index contributed by atoms with van der Waals surface area (Å²) in [5, 5.41) is 3.07. The van der Waals surface area contributed by atoms with Gasteiger partial charge in [-0.2, -0.15) is 0 Å². The fraction of sp³-hybridized carbons (Fsp3) is 0.947. The van der Waals surface area contributed by atoms with Gasteiger partial charge in [-0.25, -0.2) is 8.78 Å². The second-order valence-corrected chi connectivity index (χ2v) is 7.08. The highest BCUT2D eigenvalue weighted by atomic mass is 19.3. The van der Waals surface area contributed by atoms with E-state index in [0.29, 0.717) is 18.3 Å². The Balaban J connectivity index is 0.00000112. The molecule has 23 heavy (non-hydrogen) atoms. The Morgan fingerprint density at radius 2 is 1.30 bits per heavy atom. The van der Waals surface area contributed by atoms with Crippen LogP contribution in [0, 0.1) is 11.3 Å². The fourth-order valence-electron chi connectivity index (χ4n) is 3.16. The van der Waals surface area contributed by atoms with Crippen LogP contribution in [-0.4, -0.2) is 17.9 Å². The van der Waals surface area contributed by atoms with Crippen molar-refractivity contribution < 1.29 is 13.6 Å². The van der Waals surface area contributed by atoms with Gasteiger partial charge >= 0.3 is 0 Å². The summed E-state index contributed by atoms with van der Waals surface area (Å²) in [6.45, 7) is 12.5. The van der Waals surface area contributed by atoms with E-state index in [-0.39, 0.29) is 30.7 Å². The molecular formula is C19H37F2NO. The molecule has 1 amide bonds. The van der Waals surface area contributed by atoms with Crippen LogP contribution in [0.2, 0.25) is 0 Å². The number of amides is 1. The molecule has 0 spiro atoms. The van der Waals surface area contributed by atoms with Gasteiger partial charge in [-0.05, 0) is 43.9 Å².